The summed E-state index contributed by atoms with van der Waals surface area (Å²) >= 11 is 3.67. The molecule has 1 aliphatic carbocycles. The molecular formula is C11H21BrO2. The monoisotopic (exact) mass is 264 g/mol. The summed E-state index contributed by atoms with van der Waals surface area (Å²) in [5, 5.41) is 0. The molecule has 2 atom stereocenters. The summed E-state index contributed by atoms with van der Waals surface area (Å²) in [6, 6.07) is 0. The molecule has 0 aliphatic heterocycles. The second-order valence-corrected chi connectivity index (χ2v) is 5.32. The van der Waals surface area contributed by atoms with Crippen molar-refractivity contribution in [2.24, 2.45) is 5.92 Å². The molecule has 2 nitrogen and oxygen atoms in total. The second-order valence-electron chi connectivity index (χ2n) is 4.02. The maximum Gasteiger partial charge on any atom is 0.0700 e. The van der Waals surface area contributed by atoms with Crippen LogP contribution in [0.3, 0.4) is 0 Å². The Kier molecular flexibility index (Phi) is 6.82. The molecule has 0 aromatic carbocycles. The van der Waals surface area contributed by atoms with Crippen molar-refractivity contribution in [1.82, 2.24) is 0 Å². The summed E-state index contributed by atoms with van der Waals surface area (Å²) in [6.07, 6.45) is 6.64. The minimum absolute atomic E-state index is 0.715. The molecule has 1 fully saturated rings. The summed E-state index contributed by atoms with van der Waals surface area (Å²) in [7, 11) is 1.71. The number of alkyl halides is 1. The molecule has 0 aromatic heterocycles. The van der Waals surface area contributed by atoms with E-state index in [9.17, 15) is 0 Å². The number of halogens is 1. The van der Waals surface area contributed by atoms with E-state index >= 15 is 0 Å². The zero-order chi connectivity index (χ0) is 10.2. The second kappa shape index (κ2) is 7.66. The smallest absolute Gasteiger partial charge is 0.0700 e. The van der Waals surface area contributed by atoms with Crippen molar-refractivity contribution in [1.29, 1.82) is 0 Å². The highest BCUT2D eigenvalue weighted by atomic mass is 79.9. The highest BCUT2D eigenvalue weighted by Crippen LogP contribution is 2.33. The number of rotatable bonds is 7. The van der Waals surface area contributed by atoms with Crippen molar-refractivity contribution < 1.29 is 9.47 Å². The first-order valence-electron chi connectivity index (χ1n) is 5.53. The predicted molar refractivity (Wildman–Crippen MR) is 62.0 cm³/mol. The third-order valence-electron chi connectivity index (χ3n) is 2.81. The van der Waals surface area contributed by atoms with Gasteiger partial charge in [0.1, 0.15) is 0 Å². The van der Waals surface area contributed by atoms with Crippen LogP contribution < -0.4 is 0 Å². The van der Waals surface area contributed by atoms with Gasteiger partial charge in [-0.1, -0.05) is 15.9 Å². The van der Waals surface area contributed by atoms with Gasteiger partial charge < -0.3 is 9.47 Å². The Labute approximate surface area is 95.5 Å². The van der Waals surface area contributed by atoms with Crippen molar-refractivity contribution in [3.63, 3.8) is 0 Å². The highest BCUT2D eigenvalue weighted by molar-refractivity contribution is 9.09. The molecule has 0 bridgehead atoms. The summed E-state index contributed by atoms with van der Waals surface area (Å²) in [5.41, 5.74) is 0. The van der Waals surface area contributed by atoms with Crippen LogP contribution in [0.25, 0.3) is 0 Å². The van der Waals surface area contributed by atoms with Gasteiger partial charge in [-0.3, -0.25) is 0 Å². The number of hydrogen-bond acceptors (Lipinski definition) is 2. The Hall–Kier alpha value is 0.400. The summed E-state index contributed by atoms with van der Waals surface area (Å²) < 4.78 is 10.3. The number of methoxy groups -OCH3 is 1. The van der Waals surface area contributed by atoms with Gasteiger partial charge in [-0.05, 0) is 38.0 Å². The molecule has 0 spiro atoms. The van der Waals surface area contributed by atoms with E-state index in [-0.39, 0.29) is 0 Å². The van der Waals surface area contributed by atoms with Crippen LogP contribution in [0.4, 0.5) is 0 Å². The van der Waals surface area contributed by atoms with Gasteiger partial charge in [0.05, 0.1) is 13.2 Å². The third kappa shape index (κ3) is 5.32. The van der Waals surface area contributed by atoms with Crippen molar-refractivity contribution in [3.05, 3.63) is 0 Å². The Morgan fingerprint density at radius 2 is 2.07 bits per heavy atom. The predicted octanol–water partition coefficient (Wildman–Crippen LogP) is 2.99. The molecule has 2 unspecified atom stereocenters. The highest BCUT2D eigenvalue weighted by Gasteiger charge is 2.21. The van der Waals surface area contributed by atoms with Crippen molar-refractivity contribution in [3.8, 4) is 0 Å². The lowest BCUT2D eigenvalue weighted by Crippen LogP contribution is -2.04. The van der Waals surface area contributed by atoms with Crippen LogP contribution in [-0.4, -0.2) is 31.8 Å². The van der Waals surface area contributed by atoms with Crippen LogP contribution in [0.1, 0.15) is 32.1 Å². The molecule has 84 valence electrons. The number of ether oxygens (including phenoxy) is 2. The first-order valence-corrected chi connectivity index (χ1v) is 6.45. The zero-order valence-corrected chi connectivity index (χ0v) is 10.6. The van der Waals surface area contributed by atoms with Gasteiger partial charge in [-0.25, -0.2) is 0 Å². The van der Waals surface area contributed by atoms with Gasteiger partial charge in [0.15, 0.2) is 0 Å². The van der Waals surface area contributed by atoms with Crippen molar-refractivity contribution in [2.45, 2.75) is 36.9 Å². The Morgan fingerprint density at radius 3 is 2.71 bits per heavy atom. The lowest BCUT2D eigenvalue weighted by Gasteiger charge is -2.08. The molecule has 0 saturated heterocycles. The van der Waals surface area contributed by atoms with Crippen LogP contribution in [0, 0.1) is 5.92 Å². The fraction of sp³-hybridized carbons (Fsp3) is 1.00. The van der Waals surface area contributed by atoms with Gasteiger partial charge in [0.2, 0.25) is 0 Å². The molecule has 14 heavy (non-hydrogen) atoms. The van der Waals surface area contributed by atoms with E-state index in [0.717, 1.165) is 24.0 Å². The minimum Gasteiger partial charge on any atom is -0.382 e. The van der Waals surface area contributed by atoms with Gasteiger partial charge in [-0.15, -0.1) is 0 Å². The van der Waals surface area contributed by atoms with Gasteiger partial charge in [-0.2, -0.15) is 0 Å². The normalized spacial score (nSPS) is 27.0. The molecule has 3 heteroatoms. The molecule has 0 amide bonds. The average molecular weight is 265 g/mol. The van der Waals surface area contributed by atoms with Crippen LogP contribution in [0.2, 0.25) is 0 Å². The van der Waals surface area contributed by atoms with Gasteiger partial charge in [0, 0.05) is 18.5 Å². The lowest BCUT2D eigenvalue weighted by molar-refractivity contribution is 0.0673. The van der Waals surface area contributed by atoms with E-state index in [2.05, 4.69) is 15.9 Å². The molecule has 1 rings (SSSR count). The molecule has 1 saturated carbocycles. The Morgan fingerprint density at radius 1 is 1.21 bits per heavy atom. The molecular weight excluding hydrogens is 244 g/mol. The summed E-state index contributed by atoms with van der Waals surface area (Å²) in [5.74, 6) is 0.936. The quantitative estimate of drug-likeness (QED) is 0.520. The molecule has 0 N–H and O–H groups in total. The van der Waals surface area contributed by atoms with Crippen LogP contribution >= 0.6 is 15.9 Å². The number of hydrogen-bond donors (Lipinski definition) is 0. The zero-order valence-electron chi connectivity index (χ0n) is 9.01. The standard InChI is InChI=1S/C11H21BrO2/c1-13-7-8-14-6-2-3-10-4-5-11(12)9-10/h10-11H,2-9H2,1H3. The van der Waals surface area contributed by atoms with E-state index in [4.69, 9.17) is 9.47 Å². The fourth-order valence-corrected chi connectivity index (χ4v) is 2.79. The summed E-state index contributed by atoms with van der Waals surface area (Å²) in [4.78, 5) is 0.780. The van der Waals surface area contributed by atoms with Crippen LogP contribution in [0.15, 0.2) is 0 Å². The Balaban J connectivity index is 1.84. The summed E-state index contributed by atoms with van der Waals surface area (Å²) in [6.45, 7) is 2.35. The van der Waals surface area contributed by atoms with E-state index in [1.165, 1.54) is 32.1 Å². The van der Waals surface area contributed by atoms with Crippen LogP contribution in [-0.2, 0) is 9.47 Å². The van der Waals surface area contributed by atoms with E-state index in [0.29, 0.717) is 6.61 Å². The lowest BCUT2D eigenvalue weighted by atomic mass is 10.0. The van der Waals surface area contributed by atoms with Crippen molar-refractivity contribution in [2.75, 3.05) is 26.9 Å². The largest absolute Gasteiger partial charge is 0.382 e. The van der Waals surface area contributed by atoms with Gasteiger partial charge in [0.25, 0.3) is 0 Å². The first-order chi connectivity index (χ1) is 6.83. The van der Waals surface area contributed by atoms with Crippen LogP contribution in [0.5, 0.6) is 0 Å². The SMILES string of the molecule is COCCOCCCC1CCC(Br)C1. The van der Waals surface area contributed by atoms with Crippen molar-refractivity contribution >= 4 is 15.9 Å². The fourth-order valence-electron chi connectivity index (χ4n) is 1.99. The Bertz CT molecular complexity index is 141. The van der Waals surface area contributed by atoms with E-state index in [1.54, 1.807) is 7.11 Å². The average Bonchev–Trinajstić information content (AvgIpc) is 2.58. The molecule has 0 heterocycles. The molecule has 0 radical (unpaired) electrons. The molecule has 0 aromatic rings. The molecule has 1 aliphatic rings. The first kappa shape index (κ1) is 12.5. The third-order valence-corrected chi connectivity index (χ3v) is 3.64. The topological polar surface area (TPSA) is 18.5 Å². The van der Waals surface area contributed by atoms with E-state index in [1.807, 2.05) is 0 Å². The van der Waals surface area contributed by atoms with E-state index < -0.39 is 0 Å². The minimum atomic E-state index is 0.715. The maximum atomic E-state index is 5.42. The maximum absolute atomic E-state index is 5.42. The van der Waals surface area contributed by atoms with Gasteiger partial charge >= 0.3 is 0 Å².